The Hall–Kier alpha value is -0.920. The summed E-state index contributed by atoms with van der Waals surface area (Å²) in [5.74, 6) is 1.80. The largest absolute Gasteiger partial charge is 0.379 e. The van der Waals surface area contributed by atoms with Gasteiger partial charge in [-0.25, -0.2) is 4.98 Å². The molecule has 3 aliphatic rings. The molecule has 4 rings (SSSR count). The van der Waals surface area contributed by atoms with Crippen LogP contribution in [0, 0.1) is 5.92 Å². The van der Waals surface area contributed by atoms with Gasteiger partial charge in [0.25, 0.3) is 0 Å². The summed E-state index contributed by atoms with van der Waals surface area (Å²) in [5, 5.41) is 7.44. The summed E-state index contributed by atoms with van der Waals surface area (Å²) >= 11 is 0. The van der Waals surface area contributed by atoms with Crippen molar-refractivity contribution in [3.05, 3.63) is 23.9 Å². The quantitative estimate of drug-likeness (QED) is 0.788. The van der Waals surface area contributed by atoms with Gasteiger partial charge in [0.15, 0.2) is 0 Å². The van der Waals surface area contributed by atoms with Crippen LogP contribution >= 0.6 is 12.4 Å². The van der Waals surface area contributed by atoms with Gasteiger partial charge in [-0.1, -0.05) is 12.5 Å². The summed E-state index contributed by atoms with van der Waals surface area (Å²) in [6.45, 7) is 8.00. The molecular weight excluding hydrogens is 362 g/mol. The monoisotopic (exact) mass is 395 g/mol. The average Bonchev–Trinajstić information content (AvgIpc) is 3.17. The Morgan fingerprint density at radius 2 is 2.07 bits per heavy atom. The second-order valence-electron chi connectivity index (χ2n) is 8.03. The van der Waals surface area contributed by atoms with Gasteiger partial charge in [-0.3, -0.25) is 0 Å². The minimum Gasteiger partial charge on any atom is -0.379 e. The van der Waals surface area contributed by atoms with Gasteiger partial charge in [-0.2, -0.15) is 0 Å². The van der Waals surface area contributed by atoms with E-state index in [0.717, 1.165) is 58.3 Å². The molecule has 2 N–H and O–H groups in total. The molecular formula is C20H34ClN5O. The fourth-order valence-electron chi connectivity index (χ4n) is 4.58. The van der Waals surface area contributed by atoms with Gasteiger partial charge in [0, 0.05) is 57.5 Å². The van der Waals surface area contributed by atoms with E-state index in [2.05, 4.69) is 39.6 Å². The van der Waals surface area contributed by atoms with Crippen LogP contribution in [0.2, 0.25) is 0 Å². The van der Waals surface area contributed by atoms with Crippen molar-refractivity contribution < 1.29 is 4.74 Å². The molecule has 1 saturated carbocycles. The summed E-state index contributed by atoms with van der Waals surface area (Å²) in [7, 11) is 2.19. The van der Waals surface area contributed by atoms with Crippen LogP contribution in [0.1, 0.15) is 24.8 Å². The molecule has 1 aliphatic carbocycles. The molecule has 27 heavy (non-hydrogen) atoms. The van der Waals surface area contributed by atoms with E-state index in [1.807, 2.05) is 6.20 Å². The number of hydrogen-bond acceptors (Lipinski definition) is 6. The van der Waals surface area contributed by atoms with E-state index in [9.17, 15) is 0 Å². The molecule has 0 bridgehead atoms. The third-order valence-electron chi connectivity index (χ3n) is 6.24. The fourth-order valence-corrected chi connectivity index (χ4v) is 4.58. The second-order valence-corrected chi connectivity index (χ2v) is 8.03. The first-order chi connectivity index (χ1) is 12.8. The molecule has 3 heterocycles. The number of nitrogens with one attached hydrogen (secondary N) is 2. The number of anilines is 1. The van der Waals surface area contributed by atoms with E-state index in [1.165, 1.54) is 24.8 Å². The maximum Gasteiger partial charge on any atom is 0.128 e. The summed E-state index contributed by atoms with van der Waals surface area (Å²) < 4.78 is 5.68. The summed E-state index contributed by atoms with van der Waals surface area (Å²) in [6.07, 6.45) is 5.95. The number of hydrogen-bond donors (Lipinski definition) is 2. The SMILES string of the molecule is CN1CCN(c2ccc(CNC3CCCC3C3COCCN3)cn2)CC1.Cl. The number of morpholine rings is 1. The molecule has 3 atom stereocenters. The fraction of sp³-hybridized carbons (Fsp3) is 0.750. The van der Waals surface area contributed by atoms with E-state index >= 15 is 0 Å². The van der Waals surface area contributed by atoms with Gasteiger partial charge >= 0.3 is 0 Å². The number of rotatable bonds is 5. The molecule has 2 aliphatic heterocycles. The van der Waals surface area contributed by atoms with Crippen LogP contribution < -0.4 is 15.5 Å². The van der Waals surface area contributed by atoms with Gasteiger partial charge in [-0.15, -0.1) is 12.4 Å². The average molecular weight is 396 g/mol. The Kier molecular flexibility index (Phi) is 7.73. The van der Waals surface area contributed by atoms with Gasteiger partial charge < -0.3 is 25.2 Å². The molecule has 0 spiro atoms. The van der Waals surface area contributed by atoms with Crippen molar-refractivity contribution in [3.8, 4) is 0 Å². The molecule has 3 fully saturated rings. The molecule has 2 saturated heterocycles. The van der Waals surface area contributed by atoms with Crippen molar-refractivity contribution in [1.82, 2.24) is 20.5 Å². The van der Waals surface area contributed by atoms with Crippen molar-refractivity contribution in [2.24, 2.45) is 5.92 Å². The summed E-state index contributed by atoms with van der Waals surface area (Å²) in [4.78, 5) is 9.48. The Morgan fingerprint density at radius 1 is 1.22 bits per heavy atom. The number of halogens is 1. The normalized spacial score (nSPS) is 29.5. The summed E-state index contributed by atoms with van der Waals surface area (Å²) in [6, 6.07) is 5.53. The lowest BCUT2D eigenvalue weighted by Crippen LogP contribution is -2.50. The number of nitrogens with zero attached hydrogens (tertiary/aromatic N) is 3. The maximum absolute atomic E-state index is 5.68. The predicted molar refractivity (Wildman–Crippen MR) is 112 cm³/mol. The molecule has 152 valence electrons. The lowest BCUT2D eigenvalue weighted by molar-refractivity contribution is 0.0524. The minimum absolute atomic E-state index is 0. The zero-order valence-corrected chi connectivity index (χ0v) is 17.2. The van der Waals surface area contributed by atoms with Crippen LogP contribution in [0.15, 0.2) is 18.3 Å². The standard InChI is InChI=1S/C20H33N5O.ClH/c1-24-8-10-25(11-9-24)20-6-5-16(14-23-20)13-22-18-4-2-3-17(18)19-15-26-12-7-21-19;/h5-6,14,17-19,21-22H,2-4,7-13,15H2,1H3;1H. The third kappa shape index (κ3) is 5.33. The first-order valence-corrected chi connectivity index (χ1v) is 10.2. The smallest absolute Gasteiger partial charge is 0.128 e. The van der Waals surface area contributed by atoms with Crippen molar-refractivity contribution in [2.45, 2.75) is 37.9 Å². The van der Waals surface area contributed by atoms with Crippen LogP contribution in [-0.4, -0.2) is 75.0 Å². The molecule has 7 heteroatoms. The van der Waals surface area contributed by atoms with E-state index < -0.39 is 0 Å². The Morgan fingerprint density at radius 3 is 2.78 bits per heavy atom. The van der Waals surface area contributed by atoms with E-state index in [1.54, 1.807) is 0 Å². The Labute approximate surface area is 169 Å². The minimum atomic E-state index is 0. The van der Waals surface area contributed by atoms with Gasteiger partial charge in [0.1, 0.15) is 5.82 Å². The van der Waals surface area contributed by atoms with Crippen molar-refractivity contribution in [2.75, 3.05) is 57.9 Å². The van der Waals surface area contributed by atoms with Gasteiger partial charge in [0.2, 0.25) is 0 Å². The highest BCUT2D eigenvalue weighted by molar-refractivity contribution is 5.85. The highest BCUT2D eigenvalue weighted by atomic mass is 35.5. The lowest BCUT2D eigenvalue weighted by Gasteiger charge is -2.33. The number of aromatic nitrogens is 1. The number of piperazine rings is 1. The summed E-state index contributed by atoms with van der Waals surface area (Å²) in [5.41, 5.74) is 1.28. The first kappa shape index (κ1) is 20.8. The zero-order valence-electron chi connectivity index (χ0n) is 16.4. The third-order valence-corrected chi connectivity index (χ3v) is 6.24. The molecule has 0 aromatic carbocycles. The first-order valence-electron chi connectivity index (χ1n) is 10.2. The molecule has 0 radical (unpaired) electrons. The van der Waals surface area contributed by atoms with Crippen molar-refractivity contribution in [1.29, 1.82) is 0 Å². The highest BCUT2D eigenvalue weighted by Gasteiger charge is 2.34. The molecule has 0 amide bonds. The van der Waals surface area contributed by atoms with Crippen LogP contribution in [0.5, 0.6) is 0 Å². The van der Waals surface area contributed by atoms with E-state index in [-0.39, 0.29) is 12.4 Å². The Balaban J connectivity index is 0.00000210. The lowest BCUT2D eigenvalue weighted by atomic mass is 9.94. The molecule has 1 aromatic rings. The molecule has 1 aromatic heterocycles. The maximum atomic E-state index is 5.68. The van der Waals surface area contributed by atoms with Crippen molar-refractivity contribution >= 4 is 18.2 Å². The molecule has 3 unspecified atom stereocenters. The van der Waals surface area contributed by atoms with E-state index in [0.29, 0.717) is 18.0 Å². The van der Waals surface area contributed by atoms with E-state index in [4.69, 9.17) is 9.72 Å². The van der Waals surface area contributed by atoms with Crippen LogP contribution in [0.25, 0.3) is 0 Å². The zero-order chi connectivity index (χ0) is 17.8. The van der Waals surface area contributed by atoms with Gasteiger partial charge in [-0.05, 0) is 37.4 Å². The number of ether oxygens (including phenoxy) is 1. The predicted octanol–water partition coefficient (Wildman–Crippen LogP) is 1.50. The van der Waals surface area contributed by atoms with Crippen molar-refractivity contribution in [3.63, 3.8) is 0 Å². The Bertz CT molecular complexity index is 558. The van der Waals surface area contributed by atoms with Crippen LogP contribution in [0.4, 0.5) is 5.82 Å². The van der Waals surface area contributed by atoms with Crippen LogP contribution in [-0.2, 0) is 11.3 Å². The second kappa shape index (κ2) is 10.0. The van der Waals surface area contributed by atoms with Crippen LogP contribution in [0.3, 0.4) is 0 Å². The van der Waals surface area contributed by atoms with Gasteiger partial charge in [0.05, 0.1) is 13.2 Å². The number of pyridine rings is 1. The topological polar surface area (TPSA) is 52.7 Å². The molecule has 6 nitrogen and oxygen atoms in total. The highest BCUT2D eigenvalue weighted by Crippen LogP contribution is 2.29. The number of likely N-dealkylation sites (N-methyl/N-ethyl adjacent to an activating group) is 1.